The smallest absolute Gasteiger partial charge is 0.326 e. The number of nitrogens with one attached hydrogen (secondary N) is 2. The molecular formula is C11H18N2O5. The van der Waals surface area contributed by atoms with Gasteiger partial charge < -0.3 is 20.5 Å². The highest BCUT2D eigenvalue weighted by atomic mass is 16.5. The maximum absolute atomic E-state index is 11.6. The summed E-state index contributed by atoms with van der Waals surface area (Å²) >= 11 is 0. The predicted molar refractivity (Wildman–Crippen MR) is 61.8 cm³/mol. The predicted octanol–water partition coefficient (Wildman–Crippen LogP) is -0.881. The van der Waals surface area contributed by atoms with Gasteiger partial charge >= 0.3 is 11.9 Å². The molecule has 7 heteroatoms. The fourth-order valence-electron chi connectivity index (χ4n) is 1.63. The number of ether oxygens (including phenoxy) is 1. The van der Waals surface area contributed by atoms with E-state index in [4.69, 9.17) is 5.11 Å². The standard InChI is InChI=1S/C11H18N2O5/c1-18-10(15)3-2-8(11(16)17)13-9(14)4-7-5-12-6-7/h7-8,12H,2-6H2,1H3,(H,13,14)(H,16,17)/t8-/m0/s1. The van der Waals surface area contributed by atoms with Crippen LogP contribution < -0.4 is 10.6 Å². The van der Waals surface area contributed by atoms with Crippen molar-refractivity contribution in [2.24, 2.45) is 5.92 Å². The summed E-state index contributed by atoms with van der Waals surface area (Å²) < 4.78 is 4.42. The van der Waals surface area contributed by atoms with Crippen molar-refractivity contribution in [2.45, 2.75) is 25.3 Å². The molecule has 1 atom stereocenters. The second-order valence-electron chi connectivity index (χ2n) is 4.30. The largest absolute Gasteiger partial charge is 0.480 e. The first-order chi connectivity index (χ1) is 8.52. The van der Waals surface area contributed by atoms with Gasteiger partial charge in [0.2, 0.25) is 5.91 Å². The van der Waals surface area contributed by atoms with Gasteiger partial charge in [-0.2, -0.15) is 0 Å². The van der Waals surface area contributed by atoms with Gasteiger partial charge in [0.15, 0.2) is 0 Å². The lowest BCUT2D eigenvalue weighted by atomic mass is 9.98. The maximum Gasteiger partial charge on any atom is 0.326 e. The summed E-state index contributed by atoms with van der Waals surface area (Å²) in [4.78, 5) is 33.4. The van der Waals surface area contributed by atoms with Crippen molar-refractivity contribution in [1.82, 2.24) is 10.6 Å². The van der Waals surface area contributed by atoms with Crippen LogP contribution in [0.15, 0.2) is 0 Å². The molecule has 0 bridgehead atoms. The van der Waals surface area contributed by atoms with Crippen molar-refractivity contribution in [3.8, 4) is 0 Å². The van der Waals surface area contributed by atoms with Gasteiger partial charge in [-0.25, -0.2) is 4.79 Å². The van der Waals surface area contributed by atoms with E-state index in [0.717, 1.165) is 13.1 Å². The van der Waals surface area contributed by atoms with Crippen LogP contribution in [0.3, 0.4) is 0 Å². The molecule has 102 valence electrons. The number of esters is 1. The number of carboxylic acid groups (broad SMARTS) is 1. The summed E-state index contributed by atoms with van der Waals surface area (Å²) in [6, 6.07) is -1.04. The Hall–Kier alpha value is -1.63. The molecule has 1 saturated heterocycles. The SMILES string of the molecule is COC(=O)CC[C@H](NC(=O)CC1CNC1)C(=O)O. The molecule has 0 aromatic rings. The third kappa shape index (κ3) is 4.70. The van der Waals surface area contributed by atoms with Crippen LogP contribution in [0.1, 0.15) is 19.3 Å². The quantitative estimate of drug-likeness (QED) is 0.512. The Morgan fingerprint density at radius 1 is 1.44 bits per heavy atom. The highest BCUT2D eigenvalue weighted by Gasteiger charge is 2.25. The Morgan fingerprint density at radius 2 is 2.11 bits per heavy atom. The highest BCUT2D eigenvalue weighted by Crippen LogP contribution is 2.08. The topological polar surface area (TPSA) is 105 Å². The molecule has 0 aliphatic carbocycles. The Kier molecular flexibility index (Phi) is 5.57. The van der Waals surface area contributed by atoms with Gasteiger partial charge in [-0.1, -0.05) is 0 Å². The summed E-state index contributed by atoms with van der Waals surface area (Å²) in [5, 5.41) is 14.4. The van der Waals surface area contributed by atoms with E-state index in [-0.39, 0.29) is 24.7 Å². The van der Waals surface area contributed by atoms with Crippen LogP contribution >= 0.6 is 0 Å². The lowest BCUT2D eigenvalue weighted by Crippen LogP contribution is -2.47. The number of amides is 1. The molecule has 7 nitrogen and oxygen atoms in total. The molecule has 3 N–H and O–H groups in total. The first-order valence-electron chi connectivity index (χ1n) is 5.82. The average molecular weight is 258 g/mol. The molecule has 1 heterocycles. The summed E-state index contributed by atoms with van der Waals surface area (Å²) in [5.41, 5.74) is 0. The van der Waals surface area contributed by atoms with Crippen LogP contribution in [0.5, 0.6) is 0 Å². The summed E-state index contributed by atoms with van der Waals surface area (Å²) in [6.07, 6.45) is 0.324. The van der Waals surface area contributed by atoms with E-state index in [9.17, 15) is 14.4 Å². The molecular weight excluding hydrogens is 240 g/mol. The van der Waals surface area contributed by atoms with E-state index < -0.39 is 18.0 Å². The van der Waals surface area contributed by atoms with E-state index >= 15 is 0 Å². The Bertz CT molecular complexity index is 327. The van der Waals surface area contributed by atoms with Gasteiger partial charge in [-0.15, -0.1) is 0 Å². The van der Waals surface area contributed by atoms with Crippen LogP contribution in [-0.4, -0.2) is 49.2 Å². The molecule has 1 amide bonds. The monoisotopic (exact) mass is 258 g/mol. The van der Waals surface area contributed by atoms with E-state index in [2.05, 4.69) is 15.4 Å². The van der Waals surface area contributed by atoms with Gasteiger partial charge in [0.25, 0.3) is 0 Å². The molecule has 0 aromatic heterocycles. The minimum atomic E-state index is -1.14. The number of carbonyl (C=O) groups excluding carboxylic acids is 2. The zero-order valence-corrected chi connectivity index (χ0v) is 10.3. The van der Waals surface area contributed by atoms with Crippen molar-refractivity contribution in [1.29, 1.82) is 0 Å². The van der Waals surface area contributed by atoms with Crippen LogP contribution in [0.2, 0.25) is 0 Å². The lowest BCUT2D eigenvalue weighted by molar-refractivity contribution is -0.144. The van der Waals surface area contributed by atoms with E-state index in [1.807, 2.05) is 0 Å². The van der Waals surface area contributed by atoms with E-state index in [1.54, 1.807) is 0 Å². The van der Waals surface area contributed by atoms with Gasteiger partial charge in [0.05, 0.1) is 7.11 Å². The number of hydrogen-bond acceptors (Lipinski definition) is 5. The number of carboxylic acids is 1. The third-order valence-electron chi connectivity index (χ3n) is 2.84. The summed E-state index contributed by atoms with van der Waals surface area (Å²) in [5.74, 6) is -1.64. The molecule has 0 aromatic carbocycles. The van der Waals surface area contributed by atoms with Gasteiger partial charge in [-0.05, 0) is 25.4 Å². The molecule has 0 unspecified atom stereocenters. The molecule has 1 rings (SSSR count). The zero-order valence-electron chi connectivity index (χ0n) is 10.3. The van der Waals surface area contributed by atoms with Crippen molar-refractivity contribution < 1.29 is 24.2 Å². The highest BCUT2D eigenvalue weighted by molar-refractivity contribution is 5.84. The Balaban J connectivity index is 2.33. The van der Waals surface area contributed by atoms with Crippen LogP contribution in [-0.2, 0) is 19.1 Å². The van der Waals surface area contributed by atoms with Gasteiger partial charge in [0, 0.05) is 12.8 Å². The molecule has 1 fully saturated rings. The number of hydrogen-bond donors (Lipinski definition) is 3. The first kappa shape index (κ1) is 14.4. The van der Waals surface area contributed by atoms with Crippen molar-refractivity contribution in [3.05, 3.63) is 0 Å². The summed E-state index contributed by atoms with van der Waals surface area (Å²) in [6.45, 7) is 1.57. The van der Waals surface area contributed by atoms with E-state index in [0.29, 0.717) is 6.42 Å². The van der Waals surface area contributed by atoms with Gasteiger partial charge in [-0.3, -0.25) is 9.59 Å². The van der Waals surface area contributed by atoms with Crippen molar-refractivity contribution >= 4 is 17.8 Å². The van der Waals surface area contributed by atoms with E-state index in [1.165, 1.54) is 7.11 Å². The maximum atomic E-state index is 11.6. The minimum absolute atomic E-state index is 0.0290. The molecule has 1 aliphatic rings. The number of rotatable bonds is 7. The Morgan fingerprint density at radius 3 is 2.56 bits per heavy atom. The molecule has 0 saturated carbocycles. The molecule has 0 radical (unpaired) electrons. The fraction of sp³-hybridized carbons (Fsp3) is 0.727. The second kappa shape index (κ2) is 6.95. The van der Waals surface area contributed by atoms with Crippen LogP contribution in [0, 0.1) is 5.92 Å². The normalized spacial score (nSPS) is 16.5. The number of aliphatic carboxylic acids is 1. The second-order valence-corrected chi connectivity index (χ2v) is 4.30. The Labute approximate surface area is 105 Å². The molecule has 18 heavy (non-hydrogen) atoms. The van der Waals surface area contributed by atoms with Crippen molar-refractivity contribution in [2.75, 3.05) is 20.2 Å². The number of methoxy groups -OCH3 is 1. The van der Waals surface area contributed by atoms with Crippen LogP contribution in [0.25, 0.3) is 0 Å². The minimum Gasteiger partial charge on any atom is -0.480 e. The van der Waals surface area contributed by atoms with Gasteiger partial charge in [0.1, 0.15) is 6.04 Å². The average Bonchev–Trinajstić information content (AvgIpc) is 2.28. The third-order valence-corrected chi connectivity index (χ3v) is 2.84. The summed E-state index contributed by atoms with van der Waals surface area (Å²) in [7, 11) is 1.24. The van der Waals surface area contributed by atoms with Crippen molar-refractivity contribution in [3.63, 3.8) is 0 Å². The molecule has 1 aliphatic heterocycles. The van der Waals surface area contributed by atoms with Crippen LogP contribution in [0.4, 0.5) is 0 Å². The number of carbonyl (C=O) groups is 3. The fourth-order valence-corrected chi connectivity index (χ4v) is 1.63. The molecule has 0 spiro atoms. The lowest BCUT2D eigenvalue weighted by Gasteiger charge is -2.26. The first-order valence-corrected chi connectivity index (χ1v) is 5.82. The zero-order chi connectivity index (χ0) is 13.5.